The highest BCUT2D eigenvalue weighted by atomic mass is 32.2. The number of hydrogen-bond acceptors (Lipinski definition) is 5. The number of nitrogens with one attached hydrogen (secondary N) is 1. The van der Waals surface area contributed by atoms with Crippen LogP contribution in [0.3, 0.4) is 0 Å². The zero-order valence-electron chi connectivity index (χ0n) is 12.6. The average molecular weight is 326 g/mol. The molecule has 1 aromatic carbocycles. The maximum absolute atomic E-state index is 12.2. The van der Waals surface area contributed by atoms with Crippen LogP contribution in [0.25, 0.3) is 0 Å². The molecule has 0 saturated heterocycles. The van der Waals surface area contributed by atoms with Crippen molar-refractivity contribution in [3.05, 3.63) is 33.9 Å². The van der Waals surface area contributed by atoms with Crippen LogP contribution in [-0.2, 0) is 4.79 Å². The molecular weight excluding hydrogens is 308 g/mol. The lowest BCUT2D eigenvalue weighted by molar-refractivity contribution is -0.384. The normalized spacial score (nSPS) is 11.0. The molecule has 0 unspecified atom stereocenters. The smallest absolute Gasteiger partial charge is 0.310 e. The largest absolute Gasteiger partial charge is 0.481 e. The molecule has 0 saturated carbocycles. The summed E-state index contributed by atoms with van der Waals surface area (Å²) in [4.78, 5) is 34.2. The molecular formula is C14H18N2O5S. The quantitative estimate of drug-likeness (QED) is 0.453. The van der Waals surface area contributed by atoms with E-state index in [1.165, 1.54) is 43.8 Å². The van der Waals surface area contributed by atoms with Crippen LogP contribution in [-0.4, -0.2) is 34.2 Å². The third-order valence-electron chi connectivity index (χ3n) is 2.99. The molecule has 7 nitrogen and oxygen atoms in total. The summed E-state index contributed by atoms with van der Waals surface area (Å²) >= 11 is 1.39. The van der Waals surface area contributed by atoms with Crippen molar-refractivity contribution in [3.63, 3.8) is 0 Å². The zero-order valence-corrected chi connectivity index (χ0v) is 13.4. The first kappa shape index (κ1) is 18.0. The van der Waals surface area contributed by atoms with Gasteiger partial charge < -0.3 is 10.4 Å². The monoisotopic (exact) mass is 326 g/mol. The standard InChI is InChI=1S/C14H18N2O5S/c1-4-22-11-6-5-9(16(20)21)7-10(11)12(17)15-8-14(2,3)13(18)19/h5-7H,4,8H2,1-3H3,(H,15,17)(H,18,19). The van der Waals surface area contributed by atoms with Gasteiger partial charge in [0.15, 0.2) is 0 Å². The van der Waals surface area contributed by atoms with Crippen LogP contribution in [0.2, 0.25) is 0 Å². The second-order valence-corrected chi connectivity index (χ2v) is 6.55. The molecule has 1 aromatic rings. The lowest BCUT2D eigenvalue weighted by Crippen LogP contribution is -2.39. The number of rotatable bonds is 7. The Hall–Kier alpha value is -2.09. The van der Waals surface area contributed by atoms with Crippen LogP contribution in [0.4, 0.5) is 5.69 Å². The first-order valence-electron chi connectivity index (χ1n) is 6.62. The third-order valence-corrected chi connectivity index (χ3v) is 3.94. The average Bonchev–Trinajstić information content (AvgIpc) is 2.45. The molecule has 2 N–H and O–H groups in total. The molecule has 0 aliphatic carbocycles. The van der Waals surface area contributed by atoms with Crippen molar-refractivity contribution in [1.82, 2.24) is 5.32 Å². The highest BCUT2D eigenvalue weighted by Crippen LogP contribution is 2.27. The maximum atomic E-state index is 12.2. The van der Waals surface area contributed by atoms with Gasteiger partial charge in [-0.1, -0.05) is 6.92 Å². The van der Waals surface area contributed by atoms with Crippen LogP contribution in [0, 0.1) is 15.5 Å². The van der Waals surface area contributed by atoms with E-state index in [1.54, 1.807) is 0 Å². The number of nitro benzene ring substituents is 1. The molecule has 0 aliphatic heterocycles. The lowest BCUT2D eigenvalue weighted by atomic mass is 9.94. The van der Waals surface area contributed by atoms with E-state index in [0.29, 0.717) is 10.6 Å². The molecule has 0 bridgehead atoms. The van der Waals surface area contributed by atoms with Crippen LogP contribution < -0.4 is 5.32 Å². The van der Waals surface area contributed by atoms with Gasteiger partial charge in [-0.25, -0.2) is 0 Å². The van der Waals surface area contributed by atoms with E-state index < -0.39 is 22.2 Å². The maximum Gasteiger partial charge on any atom is 0.310 e. The summed E-state index contributed by atoms with van der Waals surface area (Å²) < 4.78 is 0. The molecule has 0 spiro atoms. The number of carbonyl (C=O) groups excluding carboxylic acids is 1. The Bertz CT molecular complexity index is 601. The highest BCUT2D eigenvalue weighted by Gasteiger charge is 2.28. The summed E-state index contributed by atoms with van der Waals surface area (Å²) in [6.07, 6.45) is 0. The van der Waals surface area contributed by atoms with E-state index in [2.05, 4.69) is 5.32 Å². The van der Waals surface area contributed by atoms with Gasteiger partial charge in [-0.05, 0) is 25.7 Å². The van der Waals surface area contributed by atoms with Crippen molar-refractivity contribution in [2.75, 3.05) is 12.3 Å². The van der Waals surface area contributed by atoms with Crippen molar-refractivity contribution in [2.45, 2.75) is 25.7 Å². The van der Waals surface area contributed by atoms with Crippen LogP contribution in [0.1, 0.15) is 31.1 Å². The molecule has 0 radical (unpaired) electrons. The predicted octanol–water partition coefficient (Wildman–Crippen LogP) is 2.55. The number of nitro groups is 1. The van der Waals surface area contributed by atoms with Crippen molar-refractivity contribution in [3.8, 4) is 0 Å². The Morgan fingerprint density at radius 1 is 1.41 bits per heavy atom. The number of carbonyl (C=O) groups is 2. The Morgan fingerprint density at radius 2 is 2.05 bits per heavy atom. The Morgan fingerprint density at radius 3 is 2.55 bits per heavy atom. The molecule has 1 rings (SSSR count). The van der Waals surface area contributed by atoms with E-state index >= 15 is 0 Å². The Kier molecular flexibility index (Phi) is 5.92. The van der Waals surface area contributed by atoms with Crippen LogP contribution >= 0.6 is 11.8 Å². The summed E-state index contributed by atoms with van der Waals surface area (Å²) in [5.41, 5.74) is -1.11. The van der Waals surface area contributed by atoms with E-state index in [4.69, 9.17) is 5.11 Å². The van der Waals surface area contributed by atoms with Crippen molar-refractivity contribution in [2.24, 2.45) is 5.41 Å². The van der Waals surface area contributed by atoms with Crippen molar-refractivity contribution < 1.29 is 19.6 Å². The van der Waals surface area contributed by atoms with E-state index in [-0.39, 0.29) is 17.8 Å². The SMILES string of the molecule is CCSc1ccc([N+](=O)[O-])cc1C(=O)NCC(C)(C)C(=O)O. The van der Waals surface area contributed by atoms with Crippen molar-refractivity contribution >= 4 is 29.3 Å². The number of carboxylic acids is 1. The summed E-state index contributed by atoms with van der Waals surface area (Å²) in [5.74, 6) is -0.845. The molecule has 0 aromatic heterocycles. The van der Waals surface area contributed by atoms with Gasteiger partial charge in [0.25, 0.3) is 11.6 Å². The molecule has 0 fully saturated rings. The number of thioether (sulfide) groups is 1. The van der Waals surface area contributed by atoms with Gasteiger partial charge in [-0.2, -0.15) is 0 Å². The van der Waals surface area contributed by atoms with E-state index in [0.717, 1.165) is 0 Å². The number of carboxylic acid groups (broad SMARTS) is 1. The number of hydrogen-bond donors (Lipinski definition) is 2. The fourth-order valence-corrected chi connectivity index (χ4v) is 2.34. The summed E-state index contributed by atoms with van der Waals surface area (Å²) in [6.45, 7) is 4.82. The summed E-state index contributed by atoms with van der Waals surface area (Å²) in [6, 6.07) is 4.08. The summed E-state index contributed by atoms with van der Waals surface area (Å²) in [5, 5.41) is 22.4. The minimum atomic E-state index is -1.12. The number of nitrogens with zero attached hydrogens (tertiary/aromatic N) is 1. The first-order chi connectivity index (χ1) is 10.2. The number of amides is 1. The Labute approximate surface area is 132 Å². The summed E-state index contributed by atoms with van der Waals surface area (Å²) in [7, 11) is 0. The van der Waals surface area contributed by atoms with Gasteiger partial charge in [-0.15, -0.1) is 11.8 Å². The second-order valence-electron chi connectivity index (χ2n) is 5.24. The minimum absolute atomic E-state index is 0.0694. The van der Waals surface area contributed by atoms with Gasteiger partial charge in [-0.3, -0.25) is 19.7 Å². The fraction of sp³-hybridized carbons (Fsp3) is 0.429. The molecule has 0 heterocycles. The first-order valence-corrected chi connectivity index (χ1v) is 7.60. The van der Waals surface area contributed by atoms with E-state index in [1.807, 2.05) is 6.92 Å². The molecule has 0 atom stereocenters. The Balaban J connectivity index is 3.02. The second kappa shape index (κ2) is 7.26. The zero-order chi connectivity index (χ0) is 16.9. The van der Waals surface area contributed by atoms with Gasteiger partial charge in [0.2, 0.25) is 0 Å². The van der Waals surface area contributed by atoms with Crippen LogP contribution in [0.5, 0.6) is 0 Å². The molecule has 120 valence electrons. The van der Waals surface area contributed by atoms with Gasteiger partial charge in [0.1, 0.15) is 0 Å². The highest BCUT2D eigenvalue weighted by molar-refractivity contribution is 7.99. The molecule has 22 heavy (non-hydrogen) atoms. The molecule has 8 heteroatoms. The fourth-order valence-electron chi connectivity index (χ4n) is 1.56. The number of aliphatic carboxylic acids is 1. The van der Waals surface area contributed by atoms with Gasteiger partial charge in [0.05, 0.1) is 15.9 Å². The van der Waals surface area contributed by atoms with Gasteiger partial charge in [0, 0.05) is 23.6 Å². The van der Waals surface area contributed by atoms with E-state index in [9.17, 15) is 19.7 Å². The van der Waals surface area contributed by atoms with Gasteiger partial charge >= 0.3 is 5.97 Å². The third kappa shape index (κ3) is 4.45. The molecule has 1 amide bonds. The lowest BCUT2D eigenvalue weighted by Gasteiger charge is -2.19. The van der Waals surface area contributed by atoms with Crippen molar-refractivity contribution in [1.29, 1.82) is 0 Å². The minimum Gasteiger partial charge on any atom is -0.481 e. The predicted molar refractivity (Wildman–Crippen MR) is 83.2 cm³/mol. The van der Waals surface area contributed by atoms with Crippen LogP contribution in [0.15, 0.2) is 23.1 Å². The number of benzene rings is 1. The number of non-ortho nitro benzene ring substituents is 1. The topological polar surface area (TPSA) is 110 Å². The molecule has 0 aliphatic rings.